The van der Waals surface area contributed by atoms with Crippen molar-refractivity contribution in [1.29, 1.82) is 0 Å². The Balaban J connectivity index is 1.53. The van der Waals surface area contributed by atoms with Gasteiger partial charge < -0.3 is 14.5 Å². The first kappa shape index (κ1) is 25.8. The van der Waals surface area contributed by atoms with Crippen LogP contribution in [0.25, 0.3) is 4.85 Å². The number of methoxy groups -OCH3 is 1. The minimum Gasteiger partial charge on any atom is -0.467 e. The first-order valence-electron chi connectivity index (χ1n) is 11.6. The van der Waals surface area contributed by atoms with E-state index in [2.05, 4.69) is 4.85 Å². The summed E-state index contributed by atoms with van der Waals surface area (Å²) in [5.74, 6) is -1.01. The quantitative estimate of drug-likeness (QED) is 0.365. The van der Waals surface area contributed by atoms with Crippen molar-refractivity contribution in [1.82, 2.24) is 4.90 Å². The molecule has 190 valence electrons. The number of nitrogens with zero attached hydrogens (tertiary/aromatic N) is 3. The lowest BCUT2D eigenvalue weighted by Crippen LogP contribution is -2.48. The second-order valence-electron chi connectivity index (χ2n) is 8.97. The molecule has 0 radical (unpaired) electrons. The van der Waals surface area contributed by atoms with Crippen LogP contribution in [0.5, 0.6) is 0 Å². The fourth-order valence-electron chi connectivity index (χ4n) is 5.17. The van der Waals surface area contributed by atoms with E-state index in [1.54, 1.807) is 17.0 Å². The smallest absolute Gasteiger partial charge is 0.415 e. The van der Waals surface area contributed by atoms with Crippen molar-refractivity contribution < 1.29 is 27.5 Å². The summed E-state index contributed by atoms with van der Waals surface area (Å²) >= 11 is 6.42. The molecule has 0 spiro atoms. The van der Waals surface area contributed by atoms with Crippen LogP contribution in [0.3, 0.4) is 0 Å². The third-order valence-electron chi connectivity index (χ3n) is 6.99. The molecule has 36 heavy (non-hydrogen) atoms. The lowest BCUT2D eigenvalue weighted by atomic mass is 9.93. The van der Waals surface area contributed by atoms with Gasteiger partial charge in [-0.05, 0) is 49.4 Å². The van der Waals surface area contributed by atoms with Crippen molar-refractivity contribution in [2.45, 2.75) is 43.9 Å². The standard InChI is InChI=1S/C26H25ClF3N3O3/c1-31-20-15-17(26(28,29)30)7-8-22(20)32-13-11-16(12-14-32)24(34)33-21(9-10-23(33)25(35)36-2)18-5-3-4-6-19(18)27/h3-8,15-16,21,23H,9-14H2,2H3/t21-,23+/m1/s1. The van der Waals surface area contributed by atoms with Crippen LogP contribution in [0.4, 0.5) is 24.5 Å². The molecule has 2 atom stereocenters. The van der Waals surface area contributed by atoms with Gasteiger partial charge in [-0.2, -0.15) is 13.2 Å². The highest BCUT2D eigenvalue weighted by molar-refractivity contribution is 6.31. The highest BCUT2D eigenvalue weighted by atomic mass is 35.5. The van der Waals surface area contributed by atoms with Gasteiger partial charge in [0.2, 0.25) is 11.6 Å². The van der Waals surface area contributed by atoms with E-state index < -0.39 is 23.8 Å². The Morgan fingerprint density at radius 1 is 1.08 bits per heavy atom. The van der Waals surface area contributed by atoms with Crippen LogP contribution in [0.15, 0.2) is 42.5 Å². The van der Waals surface area contributed by atoms with E-state index in [0.29, 0.717) is 49.5 Å². The van der Waals surface area contributed by atoms with Crippen LogP contribution >= 0.6 is 11.6 Å². The average Bonchev–Trinajstić information content (AvgIpc) is 3.32. The third kappa shape index (κ3) is 5.00. The van der Waals surface area contributed by atoms with Crippen molar-refractivity contribution in [3.8, 4) is 0 Å². The number of ether oxygens (including phenoxy) is 1. The summed E-state index contributed by atoms with van der Waals surface area (Å²) in [5.41, 5.74) is 0.267. The zero-order valence-corrected chi connectivity index (χ0v) is 20.4. The van der Waals surface area contributed by atoms with Crippen LogP contribution < -0.4 is 4.90 Å². The Kier molecular flexibility index (Phi) is 7.46. The van der Waals surface area contributed by atoms with Gasteiger partial charge in [0.25, 0.3) is 0 Å². The lowest BCUT2D eigenvalue weighted by Gasteiger charge is -2.38. The van der Waals surface area contributed by atoms with E-state index in [9.17, 15) is 22.8 Å². The molecule has 0 N–H and O–H groups in total. The van der Waals surface area contributed by atoms with Gasteiger partial charge in [-0.25, -0.2) is 9.64 Å². The fourth-order valence-corrected chi connectivity index (χ4v) is 5.43. The number of alkyl halides is 3. The fraction of sp³-hybridized carbons (Fsp3) is 0.423. The number of piperidine rings is 1. The number of benzene rings is 2. The van der Waals surface area contributed by atoms with Crippen LogP contribution in [0.1, 0.15) is 42.9 Å². The summed E-state index contributed by atoms with van der Waals surface area (Å²) in [4.78, 5) is 33.0. The summed E-state index contributed by atoms with van der Waals surface area (Å²) in [6.07, 6.45) is -2.60. The Morgan fingerprint density at radius 2 is 1.78 bits per heavy atom. The number of carbonyl (C=O) groups excluding carboxylic acids is 2. The normalized spacial score (nSPS) is 20.8. The van der Waals surface area contributed by atoms with Crippen LogP contribution in [-0.2, 0) is 20.5 Å². The number of esters is 1. The highest BCUT2D eigenvalue weighted by Crippen LogP contribution is 2.42. The molecule has 0 saturated carbocycles. The number of hydrogen-bond donors (Lipinski definition) is 0. The molecule has 2 saturated heterocycles. The zero-order valence-electron chi connectivity index (χ0n) is 19.6. The maximum atomic E-state index is 13.7. The Morgan fingerprint density at radius 3 is 2.39 bits per heavy atom. The van der Waals surface area contributed by atoms with Gasteiger partial charge >= 0.3 is 12.1 Å². The van der Waals surface area contributed by atoms with Crippen LogP contribution in [-0.4, -0.2) is 43.0 Å². The number of amides is 1. The maximum absolute atomic E-state index is 13.7. The molecule has 2 aliphatic heterocycles. The topological polar surface area (TPSA) is 54.2 Å². The first-order valence-corrected chi connectivity index (χ1v) is 12.0. The van der Waals surface area contributed by atoms with E-state index in [-0.39, 0.29) is 23.6 Å². The number of anilines is 1. The van der Waals surface area contributed by atoms with Crippen LogP contribution in [0.2, 0.25) is 5.02 Å². The van der Waals surface area contributed by atoms with Gasteiger partial charge in [-0.15, -0.1) is 0 Å². The predicted octanol–water partition coefficient (Wildman–Crippen LogP) is 6.03. The molecular weight excluding hydrogens is 495 g/mol. The van der Waals surface area contributed by atoms with E-state index in [0.717, 1.165) is 17.7 Å². The zero-order chi connectivity index (χ0) is 26.0. The molecule has 0 aromatic heterocycles. The lowest BCUT2D eigenvalue weighted by molar-refractivity contribution is -0.154. The molecule has 10 heteroatoms. The molecule has 0 aliphatic carbocycles. The number of halogens is 4. The number of carbonyl (C=O) groups is 2. The molecule has 2 aromatic carbocycles. The Bertz CT molecular complexity index is 1190. The molecular formula is C26H25ClF3N3O3. The maximum Gasteiger partial charge on any atom is 0.415 e. The van der Waals surface area contributed by atoms with Gasteiger partial charge in [0.15, 0.2) is 0 Å². The summed E-state index contributed by atoms with van der Waals surface area (Å²) in [6.45, 7) is 8.14. The molecule has 0 bridgehead atoms. The van der Waals surface area contributed by atoms with Crippen molar-refractivity contribution >= 4 is 34.9 Å². The second-order valence-corrected chi connectivity index (χ2v) is 9.38. The van der Waals surface area contributed by atoms with Crippen molar-refractivity contribution in [3.63, 3.8) is 0 Å². The Labute approximate surface area is 212 Å². The molecule has 0 unspecified atom stereocenters. The summed E-state index contributed by atoms with van der Waals surface area (Å²) in [7, 11) is 1.30. The second kappa shape index (κ2) is 10.4. The van der Waals surface area contributed by atoms with E-state index >= 15 is 0 Å². The average molecular weight is 520 g/mol. The molecule has 2 aliphatic rings. The molecule has 1 amide bonds. The van der Waals surface area contributed by atoms with E-state index in [4.69, 9.17) is 22.9 Å². The molecule has 6 nitrogen and oxygen atoms in total. The number of hydrogen-bond acceptors (Lipinski definition) is 4. The van der Waals surface area contributed by atoms with E-state index in [1.807, 2.05) is 17.0 Å². The minimum absolute atomic E-state index is 0.0707. The predicted molar refractivity (Wildman–Crippen MR) is 129 cm³/mol. The Hall–Kier alpha value is -3.25. The third-order valence-corrected chi connectivity index (χ3v) is 7.33. The van der Waals surface area contributed by atoms with Crippen molar-refractivity contribution in [2.24, 2.45) is 5.92 Å². The highest BCUT2D eigenvalue weighted by Gasteiger charge is 2.45. The van der Waals surface area contributed by atoms with Gasteiger partial charge in [0.1, 0.15) is 6.04 Å². The minimum atomic E-state index is -4.53. The van der Waals surface area contributed by atoms with Gasteiger partial charge in [-0.3, -0.25) is 4.79 Å². The molecule has 2 heterocycles. The van der Waals surface area contributed by atoms with Gasteiger partial charge in [0.05, 0.1) is 19.7 Å². The number of likely N-dealkylation sites (tertiary alicyclic amines) is 1. The van der Waals surface area contributed by atoms with Gasteiger partial charge in [-0.1, -0.05) is 35.9 Å². The van der Waals surface area contributed by atoms with Crippen LogP contribution in [0, 0.1) is 12.5 Å². The monoisotopic (exact) mass is 519 g/mol. The summed E-state index contributed by atoms with van der Waals surface area (Å²) < 4.78 is 44.1. The number of rotatable bonds is 4. The summed E-state index contributed by atoms with van der Waals surface area (Å²) in [5, 5.41) is 0.523. The molecule has 2 fully saturated rings. The summed E-state index contributed by atoms with van der Waals surface area (Å²) in [6, 6.07) is 9.35. The largest absolute Gasteiger partial charge is 0.467 e. The van der Waals surface area contributed by atoms with Gasteiger partial charge in [0, 0.05) is 35.3 Å². The van der Waals surface area contributed by atoms with Crippen molar-refractivity contribution in [2.75, 3.05) is 25.1 Å². The van der Waals surface area contributed by atoms with E-state index in [1.165, 1.54) is 13.2 Å². The van der Waals surface area contributed by atoms with Crippen molar-refractivity contribution in [3.05, 3.63) is 70.0 Å². The SMILES string of the molecule is [C-]#[N+]c1cc(C(F)(F)F)ccc1N1CCC(C(=O)N2[C@@H](c3ccccc3Cl)CC[C@H]2C(=O)OC)CC1. The first-order chi connectivity index (χ1) is 17.2. The molecule has 2 aromatic rings. The molecule has 4 rings (SSSR count).